The fraction of sp³-hybridized carbons (Fsp3) is 0.368. The summed E-state index contributed by atoms with van der Waals surface area (Å²) in [7, 11) is 1.40. The number of hydrogen-bond acceptors (Lipinski definition) is 4. The Balaban J connectivity index is 1.51. The van der Waals surface area contributed by atoms with Gasteiger partial charge in [0.2, 0.25) is 5.91 Å². The number of piperidine rings is 1. The molecule has 1 fully saturated rings. The SMILES string of the molecule is Cn1c(=O)[nH]cc(CC(=O)N2CCC[C@H](c3nc4ccccc4[nH]3)C2)c1=O. The summed E-state index contributed by atoms with van der Waals surface area (Å²) in [4.78, 5) is 48.6. The van der Waals surface area contributed by atoms with E-state index in [2.05, 4.69) is 15.0 Å². The molecule has 8 heteroatoms. The third kappa shape index (κ3) is 3.30. The second-order valence-corrected chi connectivity index (χ2v) is 6.98. The molecule has 2 N–H and O–H groups in total. The van der Waals surface area contributed by atoms with Gasteiger partial charge >= 0.3 is 5.69 Å². The van der Waals surface area contributed by atoms with Gasteiger partial charge in [-0.25, -0.2) is 9.78 Å². The van der Waals surface area contributed by atoms with Gasteiger partial charge in [0.05, 0.1) is 17.5 Å². The molecule has 1 aromatic carbocycles. The average molecular weight is 367 g/mol. The highest BCUT2D eigenvalue weighted by Crippen LogP contribution is 2.27. The van der Waals surface area contributed by atoms with E-state index in [0.717, 1.165) is 34.3 Å². The fourth-order valence-corrected chi connectivity index (χ4v) is 3.61. The van der Waals surface area contributed by atoms with Crippen LogP contribution < -0.4 is 11.2 Å². The number of aromatic nitrogens is 4. The number of nitrogens with one attached hydrogen (secondary N) is 2. The van der Waals surface area contributed by atoms with Gasteiger partial charge < -0.3 is 14.9 Å². The van der Waals surface area contributed by atoms with Gasteiger partial charge in [-0.15, -0.1) is 0 Å². The van der Waals surface area contributed by atoms with Gasteiger partial charge in [-0.1, -0.05) is 12.1 Å². The predicted molar refractivity (Wildman–Crippen MR) is 101 cm³/mol. The number of amides is 1. The normalized spacial score (nSPS) is 17.4. The summed E-state index contributed by atoms with van der Waals surface area (Å²) in [6.07, 6.45) is 3.17. The molecule has 8 nitrogen and oxygen atoms in total. The van der Waals surface area contributed by atoms with Crippen LogP contribution in [0.4, 0.5) is 0 Å². The van der Waals surface area contributed by atoms with Crippen LogP contribution in [0.25, 0.3) is 11.0 Å². The standard InChI is InChI=1S/C19H21N5O3/c1-23-18(26)13(10-20-19(23)27)9-16(25)24-8-4-5-12(11-24)17-21-14-6-2-3-7-15(14)22-17/h2-3,6-7,10,12H,4-5,8-9,11H2,1H3,(H,20,27)(H,21,22)/t12-/m0/s1. The molecule has 0 radical (unpaired) electrons. The monoisotopic (exact) mass is 367 g/mol. The number of nitrogens with zero attached hydrogens (tertiary/aromatic N) is 3. The van der Waals surface area contributed by atoms with Crippen LogP contribution in [0.5, 0.6) is 0 Å². The van der Waals surface area contributed by atoms with Crippen molar-refractivity contribution >= 4 is 16.9 Å². The van der Waals surface area contributed by atoms with Gasteiger partial charge in [0, 0.05) is 37.8 Å². The van der Waals surface area contributed by atoms with Gasteiger partial charge in [-0.3, -0.25) is 14.2 Å². The van der Waals surface area contributed by atoms with Gasteiger partial charge in [0.25, 0.3) is 5.56 Å². The first-order valence-electron chi connectivity index (χ1n) is 9.03. The lowest BCUT2D eigenvalue weighted by molar-refractivity contribution is -0.131. The van der Waals surface area contributed by atoms with Crippen molar-refractivity contribution in [2.45, 2.75) is 25.2 Å². The summed E-state index contributed by atoms with van der Waals surface area (Å²) in [6, 6.07) is 7.87. The van der Waals surface area contributed by atoms with Gasteiger partial charge in [0.15, 0.2) is 0 Å². The van der Waals surface area contributed by atoms with Crippen LogP contribution in [-0.2, 0) is 18.3 Å². The third-order valence-corrected chi connectivity index (χ3v) is 5.16. The van der Waals surface area contributed by atoms with E-state index in [9.17, 15) is 14.4 Å². The molecule has 0 spiro atoms. The average Bonchev–Trinajstić information content (AvgIpc) is 3.13. The number of carbonyl (C=O) groups is 1. The molecule has 4 rings (SSSR count). The Morgan fingerprint density at radius 3 is 2.93 bits per heavy atom. The van der Waals surface area contributed by atoms with Crippen LogP contribution in [-0.4, -0.2) is 43.4 Å². The summed E-state index contributed by atoms with van der Waals surface area (Å²) in [5.41, 5.74) is 1.30. The van der Waals surface area contributed by atoms with Crippen molar-refractivity contribution in [3.05, 3.63) is 62.7 Å². The molecule has 1 amide bonds. The van der Waals surface area contributed by atoms with Crippen LogP contribution in [0.2, 0.25) is 0 Å². The molecular formula is C19H21N5O3. The Labute approximate surface area is 154 Å². The first kappa shape index (κ1) is 17.3. The summed E-state index contributed by atoms with van der Waals surface area (Å²) >= 11 is 0. The van der Waals surface area contributed by atoms with E-state index in [1.54, 1.807) is 4.90 Å². The molecule has 1 aliphatic heterocycles. The Kier molecular flexibility index (Phi) is 4.39. The van der Waals surface area contributed by atoms with Crippen molar-refractivity contribution in [3.63, 3.8) is 0 Å². The molecule has 3 heterocycles. The van der Waals surface area contributed by atoms with Crippen molar-refractivity contribution < 1.29 is 4.79 Å². The van der Waals surface area contributed by atoms with Crippen LogP contribution >= 0.6 is 0 Å². The molecule has 0 saturated carbocycles. The third-order valence-electron chi connectivity index (χ3n) is 5.16. The summed E-state index contributed by atoms with van der Waals surface area (Å²) < 4.78 is 0.982. The molecule has 140 valence electrons. The largest absolute Gasteiger partial charge is 0.342 e. The molecule has 1 aliphatic rings. The van der Waals surface area contributed by atoms with Crippen LogP contribution in [0, 0.1) is 0 Å². The zero-order chi connectivity index (χ0) is 19.0. The number of H-pyrrole nitrogens is 2. The summed E-state index contributed by atoms with van der Waals surface area (Å²) in [5.74, 6) is 0.933. The number of carbonyl (C=O) groups excluding carboxylic acids is 1. The molecule has 0 unspecified atom stereocenters. The molecule has 1 saturated heterocycles. The Morgan fingerprint density at radius 2 is 2.11 bits per heavy atom. The molecule has 0 aliphatic carbocycles. The lowest BCUT2D eigenvalue weighted by Crippen LogP contribution is -2.42. The second kappa shape index (κ2) is 6.86. The lowest BCUT2D eigenvalue weighted by Gasteiger charge is -2.32. The number of likely N-dealkylation sites (tertiary alicyclic amines) is 1. The highest BCUT2D eigenvalue weighted by atomic mass is 16.2. The number of fused-ring (bicyclic) bond motifs is 1. The minimum absolute atomic E-state index is 0.0176. The van der Waals surface area contributed by atoms with E-state index in [-0.39, 0.29) is 18.2 Å². The quantitative estimate of drug-likeness (QED) is 0.718. The zero-order valence-corrected chi connectivity index (χ0v) is 15.1. The van der Waals surface area contributed by atoms with E-state index in [1.807, 2.05) is 24.3 Å². The maximum Gasteiger partial charge on any atom is 0.328 e. The second-order valence-electron chi connectivity index (χ2n) is 6.98. The number of para-hydroxylation sites is 2. The van der Waals surface area contributed by atoms with Crippen LogP contribution in [0.3, 0.4) is 0 Å². The molecule has 0 bridgehead atoms. The predicted octanol–water partition coefficient (Wildman–Crippen LogP) is 0.899. The minimum atomic E-state index is -0.487. The fourth-order valence-electron chi connectivity index (χ4n) is 3.61. The van der Waals surface area contributed by atoms with E-state index >= 15 is 0 Å². The number of aromatic amines is 2. The number of benzene rings is 1. The molecule has 3 aromatic rings. The maximum atomic E-state index is 12.7. The van der Waals surface area contributed by atoms with Crippen LogP contribution in [0.15, 0.2) is 40.1 Å². The van der Waals surface area contributed by atoms with Crippen molar-refractivity contribution in [1.29, 1.82) is 0 Å². The topological polar surface area (TPSA) is 104 Å². The molecule has 27 heavy (non-hydrogen) atoms. The first-order chi connectivity index (χ1) is 13.0. The lowest BCUT2D eigenvalue weighted by atomic mass is 9.97. The number of hydrogen-bond donors (Lipinski definition) is 2. The van der Waals surface area contributed by atoms with Crippen molar-refractivity contribution in [1.82, 2.24) is 24.4 Å². The van der Waals surface area contributed by atoms with Gasteiger partial charge in [-0.05, 0) is 25.0 Å². The van der Waals surface area contributed by atoms with E-state index in [1.165, 1.54) is 13.2 Å². The van der Waals surface area contributed by atoms with Crippen LogP contribution in [0.1, 0.15) is 30.1 Å². The number of imidazole rings is 1. The highest BCUT2D eigenvalue weighted by Gasteiger charge is 2.27. The minimum Gasteiger partial charge on any atom is -0.342 e. The highest BCUT2D eigenvalue weighted by molar-refractivity contribution is 5.79. The summed E-state index contributed by atoms with van der Waals surface area (Å²) in [5, 5.41) is 0. The molecular weight excluding hydrogens is 346 g/mol. The van der Waals surface area contributed by atoms with Gasteiger partial charge in [0.1, 0.15) is 5.82 Å². The summed E-state index contributed by atoms with van der Waals surface area (Å²) in [6.45, 7) is 1.24. The van der Waals surface area contributed by atoms with E-state index in [0.29, 0.717) is 18.7 Å². The Morgan fingerprint density at radius 1 is 1.30 bits per heavy atom. The van der Waals surface area contributed by atoms with E-state index < -0.39 is 11.2 Å². The van der Waals surface area contributed by atoms with E-state index in [4.69, 9.17) is 0 Å². The van der Waals surface area contributed by atoms with Crippen molar-refractivity contribution in [3.8, 4) is 0 Å². The molecule has 2 aromatic heterocycles. The maximum absolute atomic E-state index is 12.7. The molecule has 1 atom stereocenters. The van der Waals surface area contributed by atoms with Crippen molar-refractivity contribution in [2.75, 3.05) is 13.1 Å². The smallest absolute Gasteiger partial charge is 0.328 e. The van der Waals surface area contributed by atoms with Gasteiger partial charge in [-0.2, -0.15) is 0 Å². The zero-order valence-electron chi connectivity index (χ0n) is 15.1. The first-order valence-corrected chi connectivity index (χ1v) is 9.03. The Bertz CT molecular complexity index is 1080. The Hall–Kier alpha value is -3.16. The number of rotatable bonds is 3. The van der Waals surface area contributed by atoms with Crippen molar-refractivity contribution in [2.24, 2.45) is 7.05 Å².